The van der Waals surface area contributed by atoms with Gasteiger partial charge >= 0.3 is 17.9 Å². The van der Waals surface area contributed by atoms with Gasteiger partial charge in [0.25, 0.3) is 6.29 Å². The number of carboxylic acids is 1. The van der Waals surface area contributed by atoms with Gasteiger partial charge in [-0.3, -0.25) is 9.59 Å². The minimum Gasteiger partial charge on any atom is -0.477 e. The van der Waals surface area contributed by atoms with Crippen LogP contribution in [-0.4, -0.2) is 87.4 Å². The van der Waals surface area contributed by atoms with E-state index in [0.717, 1.165) is 83.5 Å². The fourth-order valence-electron chi connectivity index (χ4n) is 7.49. The Morgan fingerprint density at radius 1 is 0.456 bits per heavy atom. The van der Waals surface area contributed by atoms with E-state index in [2.05, 4.69) is 86.8 Å². The lowest BCUT2D eigenvalue weighted by molar-refractivity contribution is -0.870. The number of carbonyl (C=O) groups excluding carboxylic acids is 2. The van der Waals surface area contributed by atoms with Crippen LogP contribution in [0, 0.1) is 0 Å². The van der Waals surface area contributed by atoms with Crippen LogP contribution in [0.3, 0.4) is 0 Å². The van der Waals surface area contributed by atoms with E-state index < -0.39 is 24.3 Å². The molecule has 0 aliphatic heterocycles. The Hall–Kier alpha value is -3.27. The highest BCUT2D eigenvalue weighted by Crippen LogP contribution is 2.16. The molecular formula is C59H104NO8+. The van der Waals surface area contributed by atoms with Crippen molar-refractivity contribution in [1.29, 1.82) is 0 Å². The molecule has 2 unspecified atom stereocenters. The first-order chi connectivity index (χ1) is 33.1. The Morgan fingerprint density at radius 3 is 1.25 bits per heavy atom. The van der Waals surface area contributed by atoms with E-state index in [1.807, 2.05) is 21.1 Å². The third kappa shape index (κ3) is 50.6. The van der Waals surface area contributed by atoms with Gasteiger partial charge < -0.3 is 28.5 Å². The van der Waals surface area contributed by atoms with Gasteiger partial charge in [0.15, 0.2) is 6.10 Å². The van der Waals surface area contributed by atoms with Gasteiger partial charge in [0.2, 0.25) is 0 Å². The Balaban J connectivity index is 3.91. The van der Waals surface area contributed by atoms with E-state index in [-0.39, 0.29) is 32.2 Å². The van der Waals surface area contributed by atoms with Gasteiger partial charge in [-0.2, -0.15) is 0 Å². The van der Waals surface area contributed by atoms with Crippen LogP contribution in [0.15, 0.2) is 72.9 Å². The Labute approximate surface area is 417 Å². The van der Waals surface area contributed by atoms with Gasteiger partial charge in [-0.15, -0.1) is 0 Å². The Bertz CT molecular complexity index is 1340. The van der Waals surface area contributed by atoms with E-state index in [0.29, 0.717) is 17.4 Å². The third-order valence-corrected chi connectivity index (χ3v) is 11.7. The highest BCUT2D eigenvalue weighted by atomic mass is 16.7. The second-order valence-electron chi connectivity index (χ2n) is 19.5. The largest absolute Gasteiger partial charge is 0.477 e. The normalized spacial score (nSPS) is 13.4. The molecule has 0 bridgehead atoms. The number of carboxylic acid groups (broad SMARTS) is 1. The van der Waals surface area contributed by atoms with Gasteiger partial charge in [-0.05, 0) is 64.2 Å². The SMILES string of the molecule is CC/C=C\C/C=C\C/C=C\C/C=C\C/C=C\C/C=C\CCCCCCCCCCCCCCCCCCCCC(=O)OC(COC(=O)CCCCCCCC)COC(OCC[N+](C)(C)C)C(=O)O. The third-order valence-electron chi connectivity index (χ3n) is 11.7. The van der Waals surface area contributed by atoms with Crippen molar-refractivity contribution in [3.05, 3.63) is 72.9 Å². The first kappa shape index (κ1) is 64.7. The summed E-state index contributed by atoms with van der Waals surface area (Å²) in [4.78, 5) is 37.0. The molecule has 0 aromatic rings. The van der Waals surface area contributed by atoms with Gasteiger partial charge in [-0.25, -0.2) is 4.79 Å². The van der Waals surface area contributed by atoms with Crippen molar-refractivity contribution in [2.24, 2.45) is 0 Å². The van der Waals surface area contributed by atoms with Gasteiger partial charge in [0.05, 0.1) is 34.4 Å². The quantitative estimate of drug-likeness (QED) is 0.0211. The molecule has 0 rings (SSSR count). The minimum atomic E-state index is -1.51. The number of unbranched alkanes of at least 4 members (excludes halogenated alkanes) is 23. The molecule has 2 atom stereocenters. The molecule has 0 aliphatic carbocycles. The molecule has 0 aromatic carbocycles. The molecular weight excluding hydrogens is 851 g/mol. The maximum absolute atomic E-state index is 12.8. The molecule has 68 heavy (non-hydrogen) atoms. The summed E-state index contributed by atoms with van der Waals surface area (Å²) >= 11 is 0. The predicted octanol–water partition coefficient (Wildman–Crippen LogP) is 15.8. The smallest absolute Gasteiger partial charge is 0.361 e. The summed E-state index contributed by atoms with van der Waals surface area (Å²) in [5.74, 6) is -2.01. The number of quaternary nitrogens is 1. The van der Waals surface area contributed by atoms with Crippen LogP contribution in [0.1, 0.15) is 226 Å². The van der Waals surface area contributed by atoms with Crippen molar-refractivity contribution in [2.45, 2.75) is 238 Å². The predicted molar refractivity (Wildman–Crippen MR) is 286 cm³/mol. The van der Waals surface area contributed by atoms with Crippen molar-refractivity contribution >= 4 is 17.9 Å². The van der Waals surface area contributed by atoms with Crippen LogP contribution in [0.2, 0.25) is 0 Å². The highest BCUT2D eigenvalue weighted by Gasteiger charge is 2.25. The van der Waals surface area contributed by atoms with Crippen LogP contribution < -0.4 is 0 Å². The summed E-state index contributed by atoms with van der Waals surface area (Å²) in [6, 6.07) is 0. The lowest BCUT2D eigenvalue weighted by Gasteiger charge is -2.25. The van der Waals surface area contributed by atoms with E-state index in [9.17, 15) is 19.5 Å². The van der Waals surface area contributed by atoms with Crippen LogP contribution >= 0.6 is 0 Å². The maximum Gasteiger partial charge on any atom is 0.361 e. The van der Waals surface area contributed by atoms with Crippen LogP contribution in [0.4, 0.5) is 0 Å². The van der Waals surface area contributed by atoms with E-state index in [4.69, 9.17) is 18.9 Å². The zero-order valence-corrected chi connectivity index (χ0v) is 44.5. The molecule has 0 aliphatic rings. The molecule has 0 amide bonds. The van der Waals surface area contributed by atoms with Crippen LogP contribution in [-0.2, 0) is 33.3 Å². The Kier molecular flexibility index (Phi) is 47.7. The number of aliphatic carboxylic acids is 1. The Morgan fingerprint density at radius 2 is 0.838 bits per heavy atom. The first-order valence-corrected chi connectivity index (χ1v) is 27.6. The summed E-state index contributed by atoms with van der Waals surface area (Å²) in [5, 5.41) is 9.62. The van der Waals surface area contributed by atoms with Crippen LogP contribution in [0.5, 0.6) is 0 Å². The van der Waals surface area contributed by atoms with Crippen molar-refractivity contribution in [3.63, 3.8) is 0 Å². The molecule has 0 saturated carbocycles. The average Bonchev–Trinajstić information content (AvgIpc) is 3.30. The van der Waals surface area contributed by atoms with Crippen molar-refractivity contribution in [3.8, 4) is 0 Å². The van der Waals surface area contributed by atoms with Gasteiger partial charge in [-0.1, -0.05) is 222 Å². The van der Waals surface area contributed by atoms with Crippen molar-refractivity contribution in [1.82, 2.24) is 0 Å². The second kappa shape index (κ2) is 50.1. The number of rotatable bonds is 50. The molecule has 0 heterocycles. The fourth-order valence-corrected chi connectivity index (χ4v) is 7.49. The van der Waals surface area contributed by atoms with E-state index >= 15 is 0 Å². The summed E-state index contributed by atoms with van der Waals surface area (Å²) in [5.41, 5.74) is 0. The minimum absolute atomic E-state index is 0.181. The molecule has 0 radical (unpaired) electrons. The summed E-state index contributed by atoms with van der Waals surface area (Å²) < 4.78 is 22.7. The zero-order valence-electron chi connectivity index (χ0n) is 44.5. The summed E-state index contributed by atoms with van der Waals surface area (Å²) in [7, 11) is 5.95. The molecule has 9 heteroatoms. The highest BCUT2D eigenvalue weighted by molar-refractivity contribution is 5.71. The number of nitrogens with zero attached hydrogens (tertiary/aromatic N) is 1. The second-order valence-corrected chi connectivity index (χ2v) is 19.5. The molecule has 0 spiro atoms. The van der Waals surface area contributed by atoms with Crippen molar-refractivity contribution in [2.75, 3.05) is 47.5 Å². The summed E-state index contributed by atoms with van der Waals surface area (Å²) in [6.07, 6.45) is 61.8. The molecule has 0 aromatic heterocycles. The molecule has 392 valence electrons. The lowest BCUT2D eigenvalue weighted by Crippen LogP contribution is -2.40. The average molecular weight is 955 g/mol. The lowest BCUT2D eigenvalue weighted by atomic mass is 10.0. The van der Waals surface area contributed by atoms with Gasteiger partial charge in [0.1, 0.15) is 13.2 Å². The van der Waals surface area contributed by atoms with Gasteiger partial charge in [0, 0.05) is 12.8 Å². The molecule has 0 fully saturated rings. The maximum atomic E-state index is 12.8. The number of allylic oxidation sites excluding steroid dienone is 12. The standard InChI is InChI=1S/C59H103NO8/c1-6-8-10-12-14-15-16-17-18-19-20-21-22-23-24-25-26-27-28-29-30-31-32-33-34-35-36-37-38-39-40-41-42-43-44-46-48-50-57(62)68-55(53-66-56(61)49-47-45-13-11-9-7-2)54-67-59(58(63)64)65-52-51-60(3,4)5/h8,10,14-15,17-18,20-21,23-24,26-27,55,59H,6-7,9,11-13,16,19,22,25,28-54H2,1-5H3/p+1/b10-8-,15-14-,18-17-,21-20-,24-23-,27-26-. The number of carbonyl (C=O) groups is 3. The number of esters is 2. The van der Waals surface area contributed by atoms with E-state index in [1.54, 1.807) is 0 Å². The monoisotopic (exact) mass is 955 g/mol. The molecule has 9 nitrogen and oxygen atoms in total. The van der Waals surface area contributed by atoms with Crippen LogP contribution in [0.25, 0.3) is 0 Å². The van der Waals surface area contributed by atoms with E-state index in [1.165, 1.54) is 116 Å². The topological polar surface area (TPSA) is 108 Å². The number of likely N-dealkylation sites (N-methyl/N-ethyl adjacent to an activating group) is 1. The first-order valence-electron chi connectivity index (χ1n) is 27.6. The number of hydrogen-bond acceptors (Lipinski definition) is 7. The number of ether oxygens (including phenoxy) is 4. The van der Waals surface area contributed by atoms with Crippen molar-refractivity contribution < 1.29 is 42.9 Å². The summed E-state index contributed by atoms with van der Waals surface area (Å²) in [6.45, 7) is 4.69. The molecule has 1 N–H and O–H groups in total. The molecule has 0 saturated heterocycles. The fraction of sp³-hybridized carbons (Fsp3) is 0.746. The number of hydrogen-bond donors (Lipinski definition) is 1. The zero-order chi connectivity index (χ0) is 49.9.